The van der Waals surface area contributed by atoms with Crippen molar-refractivity contribution in [2.45, 2.75) is 6.54 Å². The van der Waals surface area contributed by atoms with Gasteiger partial charge in [0.2, 0.25) is 11.8 Å². The van der Waals surface area contributed by atoms with Crippen LogP contribution in [0, 0.1) is 5.82 Å². The molecule has 0 atom stereocenters. The van der Waals surface area contributed by atoms with Crippen LogP contribution in [0.3, 0.4) is 0 Å². The minimum absolute atomic E-state index is 0.0197. The molecule has 7 heteroatoms. The summed E-state index contributed by atoms with van der Waals surface area (Å²) in [5.74, 6) is -1.28. The van der Waals surface area contributed by atoms with E-state index in [9.17, 15) is 14.0 Å². The van der Waals surface area contributed by atoms with Crippen molar-refractivity contribution in [1.29, 1.82) is 0 Å². The van der Waals surface area contributed by atoms with Crippen molar-refractivity contribution in [2.24, 2.45) is 0 Å². The van der Waals surface area contributed by atoms with Gasteiger partial charge in [-0.1, -0.05) is 6.07 Å². The quantitative estimate of drug-likeness (QED) is 0.572. The number of halogens is 1. The number of imide groups is 1. The van der Waals surface area contributed by atoms with E-state index in [-0.39, 0.29) is 18.8 Å². The van der Waals surface area contributed by atoms with Gasteiger partial charge < -0.3 is 15.0 Å². The van der Waals surface area contributed by atoms with Gasteiger partial charge in [-0.2, -0.15) is 0 Å². The molecule has 1 aliphatic heterocycles. The standard InChI is InChI=1S/C14H18FN3O3/c1-21-5-4-16-7-10-2-3-12(11(15)6-10)18-8-13(19)17-14(20)9-18/h2-3,6,16H,4-5,7-9H2,1H3,(H,17,19,20). The summed E-state index contributed by atoms with van der Waals surface area (Å²) >= 11 is 0. The fourth-order valence-corrected chi connectivity index (χ4v) is 2.13. The van der Waals surface area contributed by atoms with Gasteiger partial charge in [-0.3, -0.25) is 14.9 Å². The summed E-state index contributed by atoms with van der Waals surface area (Å²) in [5.41, 5.74) is 1.05. The van der Waals surface area contributed by atoms with Crippen LogP contribution in [0.5, 0.6) is 0 Å². The summed E-state index contributed by atoms with van der Waals surface area (Å²) < 4.78 is 19.0. The van der Waals surface area contributed by atoms with Crippen molar-refractivity contribution < 1.29 is 18.7 Å². The van der Waals surface area contributed by atoms with Gasteiger partial charge in [-0.15, -0.1) is 0 Å². The maximum absolute atomic E-state index is 14.1. The summed E-state index contributed by atoms with van der Waals surface area (Å²) in [6.45, 7) is 1.76. The number of nitrogens with zero attached hydrogens (tertiary/aromatic N) is 1. The third kappa shape index (κ3) is 4.24. The molecule has 21 heavy (non-hydrogen) atoms. The zero-order valence-corrected chi connectivity index (χ0v) is 11.8. The SMILES string of the molecule is COCCNCc1ccc(N2CC(=O)NC(=O)C2)c(F)c1. The van der Waals surface area contributed by atoms with E-state index in [1.807, 2.05) is 0 Å². The van der Waals surface area contributed by atoms with E-state index < -0.39 is 17.6 Å². The predicted octanol–water partition coefficient (Wildman–Crippen LogP) is 0.0245. The van der Waals surface area contributed by atoms with Crippen LogP contribution in [0.15, 0.2) is 18.2 Å². The van der Waals surface area contributed by atoms with E-state index in [4.69, 9.17) is 4.74 Å². The minimum Gasteiger partial charge on any atom is -0.383 e. The monoisotopic (exact) mass is 295 g/mol. The van der Waals surface area contributed by atoms with Gasteiger partial charge >= 0.3 is 0 Å². The van der Waals surface area contributed by atoms with Crippen LogP contribution in [0.25, 0.3) is 0 Å². The zero-order valence-electron chi connectivity index (χ0n) is 11.8. The van der Waals surface area contributed by atoms with Crippen molar-refractivity contribution in [3.63, 3.8) is 0 Å². The molecule has 0 radical (unpaired) electrons. The van der Waals surface area contributed by atoms with Gasteiger partial charge in [0.1, 0.15) is 5.82 Å². The number of amides is 2. The number of nitrogens with one attached hydrogen (secondary N) is 2. The first-order valence-corrected chi connectivity index (χ1v) is 6.66. The number of benzene rings is 1. The maximum Gasteiger partial charge on any atom is 0.246 e. The molecule has 2 N–H and O–H groups in total. The van der Waals surface area contributed by atoms with Gasteiger partial charge in [0.05, 0.1) is 25.4 Å². The number of ether oxygens (including phenoxy) is 1. The molecule has 1 aromatic carbocycles. The summed E-state index contributed by atoms with van der Waals surface area (Å²) in [5, 5.41) is 5.31. The second-order valence-corrected chi connectivity index (χ2v) is 4.78. The van der Waals surface area contributed by atoms with Crippen LogP contribution in [0.4, 0.5) is 10.1 Å². The molecule has 1 aliphatic rings. The van der Waals surface area contributed by atoms with Crippen LogP contribution in [0.1, 0.15) is 5.56 Å². The van der Waals surface area contributed by atoms with Crippen LogP contribution in [-0.2, 0) is 20.9 Å². The number of hydrogen-bond donors (Lipinski definition) is 2. The van der Waals surface area contributed by atoms with Gasteiger partial charge in [0, 0.05) is 20.2 Å². The molecule has 6 nitrogen and oxygen atoms in total. The third-order valence-corrected chi connectivity index (χ3v) is 3.11. The zero-order chi connectivity index (χ0) is 15.2. The van der Waals surface area contributed by atoms with Gasteiger partial charge in [-0.25, -0.2) is 4.39 Å². The Morgan fingerprint density at radius 3 is 2.67 bits per heavy atom. The number of carbonyl (C=O) groups excluding carboxylic acids is 2. The second-order valence-electron chi connectivity index (χ2n) is 4.78. The Morgan fingerprint density at radius 1 is 1.33 bits per heavy atom. The molecule has 1 fully saturated rings. The normalized spacial score (nSPS) is 15.2. The van der Waals surface area contributed by atoms with E-state index in [1.54, 1.807) is 19.2 Å². The molecule has 0 spiro atoms. The topological polar surface area (TPSA) is 70.7 Å². The van der Waals surface area contributed by atoms with Crippen molar-refractivity contribution in [1.82, 2.24) is 10.6 Å². The average Bonchev–Trinajstić information content (AvgIpc) is 2.42. The highest BCUT2D eigenvalue weighted by Gasteiger charge is 2.24. The lowest BCUT2D eigenvalue weighted by molar-refractivity contribution is -0.130. The Bertz CT molecular complexity index is 520. The summed E-state index contributed by atoms with van der Waals surface area (Å²) in [6, 6.07) is 4.77. The number of methoxy groups -OCH3 is 1. The summed E-state index contributed by atoms with van der Waals surface area (Å²) in [7, 11) is 1.62. The summed E-state index contributed by atoms with van der Waals surface area (Å²) in [6.07, 6.45) is 0. The molecular weight excluding hydrogens is 277 g/mol. The van der Waals surface area contributed by atoms with Crippen molar-refractivity contribution in [2.75, 3.05) is 38.3 Å². The molecule has 1 heterocycles. The lowest BCUT2D eigenvalue weighted by atomic mass is 10.1. The number of carbonyl (C=O) groups is 2. The van der Waals surface area contributed by atoms with Crippen LogP contribution < -0.4 is 15.5 Å². The molecule has 0 aromatic heterocycles. The van der Waals surface area contributed by atoms with E-state index in [0.717, 1.165) is 5.56 Å². The van der Waals surface area contributed by atoms with Crippen LogP contribution >= 0.6 is 0 Å². The van der Waals surface area contributed by atoms with Gasteiger partial charge in [0.25, 0.3) is 0 Å². The number of rotatable bonds is 6. The molecule has 2 rings (SSSR count). The van der Waals surface area contributed by atoms with E-state index >= 15 is 0 Å². The molecule has 0 bridgehead atoms. The second kappa shape index (κ2) is 7.14. The van der Waals surface area contributed by atoms with E-state index in [2.05, 4.69) is 10.6 Å². The predicted molar refractivity (Wildman–Crippen MR) is 75.3 cm³/mol. The highest BCUT2D eigenvalue weighted by molar-refractivity contribution is 6.02. The Hall–Kier alpha value is -1.99. The molecule has 2 amide bonds. The minimum atomic E-state index is -0.441. The van der Waals surface area contributed by atoms with Crippen molar-refractivity contribution in [3.05, 3.63) is 29.6 Å². The fraction of sp³-hybridized carbons (Fsp3) is 0.429. The first-order chi connectivity index (χ1) is 10.1. The largest absolute Gasteiger partial charge is 0.383 e. The van der Waals surface area contributed by atoms with E-state index in [1.165, 1.54) is 11.0 Å². The number of anilines is 1. The van der Waals surface area contributed by atoms with Crippen LogP contribution in [-0.4, -0.2) is 45.2 Å². The highest BCUT2D eigenvalue weighted by Crippen LogP contribution is 2.21. The average molecular weight is 295 g/mol. The van der Waals surface area contributed by atoms with Crippen molar-refractivity contribution in [3.8, 4) is 0 Å². The third-order valence-electron chi connectivity index (χ3n) is 3.11. The smallest absolute Gasteiger partial charge is 0.246 e. The molecule has 114 valence electrons. The molecular formula is C14H18FN3O3. The number of piperazine rings is 1. The fourth-order valence-electron chi connectivity index (χ4n) is 2.13. The Kier molecular flexibility index (Phi) is 5.24. The number of hydrogen-bond acceptors (Lipinski definition) is 5. The first kappa shape index (κ1) is 15.4. The summed E-state index contributed by atoms with van der Waals surface area (Å²) in [4.78, 5) is 24.1. The van der Waals surface area contributed by atoms with Gasteiger partial charge in [0.15, 0.2) is 0 Å². The van der Waals surface area contributed by atoms with Crippen molar-refractivity contribution >= 4 is 17.5 Å². The molecule has 1 saturated heterocycles. The molecule has 1 aromatic rings. The molecule has 0 aliphatic carbocycles. The Labute approximate surface area is 122 Å². The van der Waals surface area contributed by atoms with E-state index in [0.29, 0.717) is 19.7 Å². The lowest BCUT2D eigenvalue weighted by Crippen LogP contribution is -2.51. The first-order valence-electron chi connectivity index (χ1n) is 6.66. The maximum atomic E-state index is 14.1. The van der Waals surface area contributed by atoms with Gasteiger partial charge in [-0.05, 0) is 17.7 Å². The molecule has 0 unspecified atom stereocenters. The Balaban J connectivity index is 2.01. The lowest BCUT2D eigenvalue weighted by Gasteiger charge is -2.27. The van der Waals surface area contributed by atoms with Crippen LogP contribution in [0.2, 0.25) is 0 Å². The highest BCUT2D eigenvalue weighted by atomic mass is 19.1. The molecule has 0 saturated carbocycles. The Morgan fingerprint density at radius 2 is 2.05 bits per heavy atom.